The Morgan fingerprint density at radius 2 is 1.81 bits per heavy atom. The first-order chi connectivity index (χ1) is 12.9. The van der Waals surface area contributed by atoms with Gasteiger partial charge in [0.1, 0.15) is 0 Å². The summed E-state index contributed by atoms with van der Waals surface area (Å²) in [5.74, 6) is 0.418. The fourth-order valence-electron chi connectivity index (χ4n) is 2.66. The van der Waals surface area contributed by atoms with E-state index in [-0.39, 0.29) is 16.5 Å². The molecule has 0 atom stereocenters. The number of sulfonamides is 1. The van der Waals surface area contributed by atoms with Crippen molar-refractivity contribution in [2.75, 3.05) is 37.7 Å². The van der Waals surface area contributed by atoms with E-state index in [1.807, 2.05) is 0 Å². The number of carbonyl (C=O) groups excluding carboxylic acids is 1. The summed E-state index contributed by atoms with van der Waals surface area (Å²) in [6.45, 7) is 3.21. The molecule has 27 heavy (non-hydrogen) atoms. The van der Waals surface area contributed by atoms with Gasteiger partial charge >= 0.3 is 0 Å². The summed E-state index contributed by atoms with van der Waals surface area (Å²) in [4.78, 5) is 14.3. The van der Waals surface area contributed by atoms with Crippen LogP contribution in [0.1, 0.15) is 16.1 Å². The molecule has 0 radical (unpaired) electrons. The van der Waals surface area contributed by atoms with Crippen molar-refractivity contribution < 1.29 is 17.9 Å². The first kappa shape index (κ1) is 19.2. The number of nitrogens with two attached hydrogens (primary N) is 1. The van der Waals surface area contributed by atoms with E-state index in [0.717, 1.165) is 24.5 Å². The minimum Gasteiger partial charge on any atom is -0.378 e. The molecular weight excluding hydrogens is 370 g/mol. The van der Waals surface area contributed by atoms with Gasteiger partial charge < -0.3 is 15.0 Å². The SMILES string of the molecule is NS(=O)(=O)c1ccc(CCNC(=O)c2ccc(N3CCOCC3)nn2)cc1. The van der Waals surface area contributed by atoms with Crippen molar-refractivity contribution in [1.29, 1.82) is 0 Å². The molecule has 144 valence electrons. The number of morpholine rings is 1. The summed E-state index contributed by atoms with van der Waals surface area (Å²) in [7, 11) is -3.70. The standard InChI is InChI=1S/C17H21N5O4S/c18-27(24,25)14-3-1-13(2-4-14)7-8-19-17(23)15-5-6-16(21-20-15)22-9-11-26-12-10-22/h1-6H,7-12H2,(H,19,23)(H2,18,24,25). The Morgan fingerprint density at radius 3 is 2.41 bits per heavy atom. The van der Waals surface area contributed by atoms with Gasteiger partial charge in [-0.1, -0.05) is 12.1 Å². The van der Waals surface area contributed by atoms with Crippen LogP contribution in [0.3, 0.4) is 0 Å². The van der Waals surface area contributed by atoms with Crippen LogP contribution in [0.15, 0.2) is 41.3 Å². The normalized spacial score (nSPS) is 14.8. The molecule has 3 rings (SSSR count). The van der Waals surface area contributed by atoms with Crippen molar-refractivity contribution in [1.82, 2.24) is 15.5 Å². The lowest BCUT2D eigenvalue weighted by molar-refractivity contribution is 0.0948. The Bertz CT molecular complexity index is 879. The number of nitrogens with zero attached hydrogens (tertiary/aromatic N) is 3. The van der Waals surface area contributed by atoms with Crippen molar-refractivity contribution in [2.45, 2.75) is 11.3 Å². The lowest BCUT2D eigenvalue weighted by Gasteiger charge is -2.27. The number of benzene rings is 1. The lowest BCUT2D eigenvalue weighted by Crippen LogP contribution is -2.37. The Morgan fingerprint density at radius 1 is 1.11 bits per heavy atom. The van der Waals surface area contributed by atoms with E-state index in [9.17, 15) is 13.2 Å². The van der Waals surface area contributed by atoms with E-state index in [0.29, 0.717) is 26.2 Å². The molecule has 0 unspecified atom stereocenters. The highest BCUT2D eigenvalue weighted by atomic mass is 32.2. The molecule has 0 bridgehead atoms. The Kier molecular flexibility index (Phi) is 5.99. The molecule has 1 aromatic carbocycles. The maximum Gasteiger partial charge on any atom is 0.271 e. The van der Waals surface area contributed by atoms with Gasteiger partial charge in [0, 0.05) is 19.6 Å². The van der Waals surface area contributed by atoms with Crippen LogP contribution in [-0.4, -0.2) is 57.4 Å². The highest BCUT2D eigenvalue weighted by Crippen LogP contribution is 2.12. The molecule has 0 saturated carbocycles. The van der Waals surface area contributed by atoms with Crippen molar-refractivity contribution in [3.63, 3.8) is 0 Å². The van der Waals surface area contributed by atoms with Gasteiger partial charge in [-0.2, -0.15) is 0 Å². The Balaban J connectivity index is 1.50. The molecule has 9 nitrogen and oxygen atoms in total. The predicted molar refractivity (Wildman–Crippen MR) is 98.9 cm³/mol. The van der Waals surface area contributed by atoms with Crippen LogP contribution in [-0.2, 0) is 21.2 Å². The van der Waals surface area contributed by atoms with Crippen molar-refractivity contribution in [3.05, 3.63) is 47.7 Å². The van der Waals surface area contributed by atoms with E-state index in [1.54, 1.807) is 24.3 Å². The van der Waals surface area contributed by atoms with Crippen LogP contribution < -0.4 is 15.4 Å². The second kappa shape index (κ2) is 8.42. The van der Waals surface area contributed by atoms with Crippen molar-refractivity contribution in [2.24, 2.45) is 5.14 Å². The van der Waals surface area contributed by atoms with Crippen LogP contribution >= 0.6 is 0 Å². The molecule has 2 aromatic rings. The van der Waals surface area contributed by atoms with Crippen LogP contribution in [0.5, 0.6) is 0 Å². The number of rotatable bonds is 6. The number of amides is 1. The average molecular weight is 391 g/mol. The number of ether oxygens (including phenoxy) is 1. The van der Waals surface area contributed by atoms with Gasteiger partial charge in [0.25, 0.3) is 5.91 Å². The van der Waals surface area contributed by atoms with Crippen molar-refractivity contribution >= 4 is 21.7 Å². The lowest BCUT2D eigenvalue weighted by atomic mass is 10.1. The maximum atomic E-state index is 12.2. The highest BCUT2D eigenvalue weighted by Gasteiger charge is 2.14. The average Bonchev–Trinajstić information content (AvgIpc) is 2.68. The number of hydrogen-bond acceptors (Lipinski definition) is 7. The number of hydrogen-bond donors (Lipinski definition) is 2. The summed E-state index contributed by atoms with van der Waals surface area (Å²) in [5.41, 5.74) is 1.13. The van der Waals surface area contributed by atoms with Gasteiger partial charge in [0.2, 0.25) is 10.0 Å². The minimum absolute atomic E-state index is 0.0610. The van der Waals surface area contributed by atoms with Crippen LogP contribution in [0.4, 0.5) is 5.82 Å². The first-order valence-corrected chi connectivity index (χ1v) is 10.0. The number of anilines is 1. The zero-order valence-electron chi connectivity index (χ0n) is 14.7. The van der Waals surface area contributed by atoms with Gasteiger partial charge in [0.15, 0.2) is 11.5 Å². The van der Waals surface area contributed by atoms with E-state index in [4.69, 9.17) is 9.88 Å². The summed E-state index contributed by atoms with van der Waals surface area (Å²) in [5, 5.41) is 15.9. The topological polar surface area (TPSA) is 128 Å². The molecule has 1 amide bonds. The van der Waals surface area contributed by atoms with Crippen LogP contribution in [0.25, 0.3) is 0 Å². The second-order valence-electron chi connectivity index (χ2n) is 6.07. The van der Waals surface area contributed by atoms with Crippen molar-refractivity contribution in [3.8, 4) is 0 Å². The molecule has 1 fully saturated rings. The quantitative estimate of drug-likeness (QED) is 0.706. The van der Waals surface area contributed by atoms with E-state index >= 15 is 0 Å². The molecule has 0 spiro atoms. The highest BCUT2D eigenvalue weighted by molar-refractivity contribution is 7.89. The number of carbonyl (C=O) groups is 1. The smallest absolute Gasteiger partial charge is 0.271 e. The summed E-state index contributed by atoms with van der Waals surface area (Å²) in [6, 6.07) is 9.66. The first-order valence-electron chi connectivity index (χ1n) is 8.50. The number of nitrogens with one attached hydrogen (secondary N) is 1. The minimum atomic E-state index is -3.70. The third kappa shape index (κ3) is 5.22. The van der Waals surface area contributed by atoms with E-state index < -0.39 is 10.0 Å². The monoisotopic (exact) mass is 391 g/mol. The number of aromatic nitrogens is 2. The Hall–Kier alpha value is -2.56. The summed E-state index contributed by atoms with van der Waals surface area (Å²) >= 11 is 0. The molecule has 1 aliphatic rings. The molecule has 1 aliphatic heterocycles. The maximum absolute atomic E-state index is 12.2. The fraction of sp³-hybridized carbons (Fsp3) is 0.353. The fourth-order valence-corrected chi connectivity index (χ4v) is 3.18. The third-order valence-electron chi connectivity index (χ3n) is 4.17. The number of primary sulfonamides is 1. The van der Waals surface area contributed by atoms with Gasteiger partial charge in [-0.3, -0.25) is 4.79 Å². The largest absolute Gasteiger partial charge is 0.378 e. The van der Waals surface area contributed by atoms with Gasteiger partial charge in [-0.25, -0.2) is 13.6 Å². The van der Waals surface area contributed by atoms with Crippen LogP contribution in [0, 0.1) is 0 Å². The molecule has 10 heteroatoms. The second-order valence-corrected chi connectivity index (χ2v) is 7.63. The van der Waals surface area contributed by atoms with E-state index in [2.05, 4.69) is 20.4 Å². The zero-order valence-corrected chi connectivity index (χ0v) is 15.5. The molecular formula is C17H21N5O4S. The molecule has 1 aromatic heterocycles. The molecule has 1 saturated heterocycles. The zero-order chi connectivity index (χ0) is 19.3. The van der Waals surface area contributed by atoms with Gasteiger partial charge in [-0.05, 0) is 36.2 Å². The Labute approximate surface area is 157 Å². The van der Waals surface area contributed by atoms with Gasteiger partial charge in [0.05, 0.1) is 18.1 Å². The summed E-state index contributed by atoms with van der Waals surface area (Å²) in [6.07, 6.45) is 0.552. The van der Waals surface area contributed by atoms with Gasteiger partial charge in [-0.15, -0.1) is 10.2 Å². The summed E-state index contributed by atoms with van der Waals surface area (Å²) < 4.78 is 27.8. The molecule has 3 N–H and O–H groups in total. The third-order valence-corrected chi connectivity index (χ3v) is 5.10. The van der Waals surface area contributed by atoms with Crippen LogP contribution in [0.2, 0.25) is 0 Å². The predicted octanol–water partition coefficient (Wildman–Crippen LogP) is -0.0669. The van der Waals surface area contributed by atoms with E-state index in [1.165, 1.54) is 12.1 Å². The molecule has 2 heterocycles. The molecule has 0 aliphatic carbocycles.